The van der Waals surface area contributed by atoms with Crippen LogP contribution in [0.25, 0.3) is 0 Å². The molecule has 4 heteroatoms. The van der Waals surface area contributed by atoms with E-state index >= 15 is 0 Å². The van der Waals surface area contributed by atoms with Gasteiger partial charge < -0.3 is 0 Å². The predicted octanol–water partition coefficient (Wildman–Crippen LogP) is 2.10. The van der Waals surface area contributed by atoms with E-state index in [1.54, 1.807) is 0 Å². The Balaban J connectivity index is 2.99. The first-order valence-corrected chi connectivity index (χ1v) is 2.50. The maximum absolute atomic E-state index is 11.8. The van der Waals surface area contributed by atoms with Gasteiger partial charge >= 0.3 is 6.18 Å². The molecule has 0 unspecified atom stereocenters. The van der Waals surface area contributed by atoms with Crippen LogP contribution in [0.3, 0.4) is 0 Å². The van der Waals surface area contributed by atoms with Crippen molar-refractivity contribution in [1.29, 1.82) is 0 Å². The molecule has 0 saturated carbocycles. The minimum Gasteiger partial charge on any atom is -0.264 e. The lowest BCUT2D eigenvalue weighted by Crippen LogP contribution is -2.04. The number of nitrogens with zero attached hydrogens (tertiary/aromatic N) is 1. The molecular weight excluding hydrogens is 143 g/mol. The summed E-state index contributed by atoms with van der Waals surface area (Å²) in [5.41, 5.74) is -0.825. The molecule has 0 aliphatic carbocycles. The van der Waals surface area contributed by atoms with Crippen LogP contribution in [0.4, 0.5) is 13.2 Å². The summed E-state index contributed by atoms with van der Waals surface area (Å²) in [6.07, 6.45) is -3.89. The molecule has 10 heavy (non-hydrogen) atoms. The van der Waals surface area contributed by atoms with Gasteiger partial charge in [0, 0.05) is 12.4 Å². The lowest BCUT2D eigenvalue weighted by molar-refractivity contribution is -0.137. The van der Waals surface area contributed by atoms with Crippen LogP contribution in [0.1, 0.15) is 6.93 Å². The number of rotatable bonds is 0. The zero-order chi connectivity index (χ0) is 8.48. The van der Waals surface area contributed by atoms with Gasteiger partial charge in [-0.2, -0.15) is 13.2 Å². The third kappa shape index (κ3) is 1.46. The van der Waals surface area contributed by atoms with Gasteiger partial charge in [0.15, 0.2) is 0 Å². The van der Waals surface area contributed by atoms with Crippen LogP contribution in [0, 0.1) is 0 Å². The molecule has 1 rings (SSSR count). The minimum absolute atomic E-state index is 0.169. The SMILES string of the molecule is [2H]c1ccc(C(F)(F)F)cn1. The minimum atomic E-state index is -4.36. The van der Waals surface area contributed by atoms with Gasteiger partial charge in [-0.25, -0.2) is 0 Å². The molecule has 0 aliphatic heterocycles. The van der Waals surface area contributed by atoms with Crippen molar-refractivity contribution in [2.45, 2.75) is 6.18 Å². The normalized spacial score (nSPS) is 12.9. The van der Waals surface area contributed by atoms with Crippen LogP contribution < -0.4 is 0 Å². The van der Waals surface area contributed by atoms with Crippen molar-refractivity contribution in [3.63, 3.8) is 0 Å². The Labute approximate surface area is 56.9 Å². The Hall–Kier alpha value is -1.06. The largest absolute Gasteiger partial charge is 0.417 e. The van der Waals surface area contributed by atoms with E-state index in [1.165, 1.54) is 0 Å². The van der Waals surface area contributed by atoms with Gasteiger partial charge in [0.2, 0.25) is 0 Å². The summed E-state index contributed by atoms with van der Waals surface area (Å²) < 4.78 is 42.3. The Morgan fingerprint density at radius 3 is 2.60 bits per heavy atom. The molecule has 0 N–H and O–H groups in total. The van der Waals surface area contributed by atoms with Crippen molar-refractivity contribution in [2.75, 3.05) is 0 Å². The van der Waals surface area contributed by atoms with E-state index in [9.17, 15) is 13.2 Å². The zero-order valence-electron chi connectivity index (χ0n) is 5.81. The van der Waals surface area contributed by atoms with Gasteiger partial charge in [-0.15, -0.1) is 0 Å². The highest BCUT2D eigenvalue weighted by Gasteiger charge is 2.30. The standard InChI is InChI=1S/C6H4F3N/c7-6(8,9)5-2-1-3-10-4-5/h1-4H/i3D. The first-order chi connectivity index (χ1) is 5.00. The maximum atomic E-state index is 11.8. The highest BCUT2D eigenvalue weighted by atomic mass is 19.4. The monoisotopic (exact) mass is 148 g/mol. The van der Waals surface area contributed by atoms with Crippen molar-refractivity contribution in [2.24, 2.45) is 0 Å². The van der Waals surface area contributed by atoms with Crippen LogP contribution in [0.15, 0.2) is 24.5 Å². The number of hydrogen-bond donors (Lipinski definition) is 0. The molecule has 0 saturated heterocycles. The molecule has 0 radical (unpaired) electrons. The highest BCUT2D eigenvalue weighted by molar-refractivity contribution is 5.11. The molecule has 54 valence electrons. The molecule has 0 amide bonds. The first kappa shape index (κ1) is 5.70. The third-order valence-electron chi connectivity index (χ3n) is 0.943. The van der Waals surface area contributed by atoms with Crippen LogP contribution in [-0.4, -0.2) is 4.98 Å². The highest BCUT2D eigenvalue weighted by Crippen LogP contribution is 2.27. The van der Waals surface area contributed by atoms with Crippen LogP contribution in [-0.2, 0) is 6.18 Å². The van der Waals surface area contributed by atoms with E-state index in [0.29, 0.717) is 6.20 Å². The quantitative estimate of drug-likeness (QED) is 0.549. The van der Waals surface area contributed by atoms with Crippen LogP contribution >= 0.6 is 0 Å². The number of hydrogen-bond acceptors (Lipinski definition) is 1. The topological polar surface area (TPSA) is 12.9 Å². The Bertz CT molecular complexity index is 241. The summed E-state index contributed by atoms with van der Waals surface area (Å²) in [4.78, 5) is 3.19. The predicted molar refractivity (Wildman–Crippen MR) is 29.2 cm³/mol. The van der Waals surface area contributed by atoms with Gasteiger partial charge in [-0.1, -0.05) is 0 Å². The van der Waals surface area contributed by atoms with Crippen LogP contribution in [0.5, 0.6) is 0 Å². The Kier molecular flexibility index (Phi) is 1.30. The Morgan fingerprint density at radius 1 is 1.50 bits per heavy atom. The zero-order valence-corrected chi connectivity index (χ0v) is 4.81. The smallest absolute Gasteiger partial charge is 0.264 e. The number of halogens is 3. The fourth-order valence-electron chi connectivity index (χ4n) is 0.488. The van der Waals surface area contributed by atoms with Crippen LogP contribution in [0.2, 0.25) is 0 Å². The second-order valence-corrected chi connectivity index (χ2v) is 1.67. The molecule has 0 atom stereocenters. The molecule has 0 aliphatic rings. The molecule has 0 aromatic carbocycles. The Morgan fingerprint density at radius 2 is 2.20 bits per heavy atom. The van der Waals surface area contributed by atoms with Gasteiger partial charge in [-0.3, -0.25) is 4.98 Å². The number of alkyl halides is 3. The second-order valence-electron chi connectivity index (χ2n) is 1.67. The van der Waals surface area contributed by atoms with Gasteiger partial charge in [-0.05, 0) is 12.1 Å². The molecule has 1 aromatic rings. The van der Waals surface area contributed by atoms with Crippen molar-refractivity contribution < 1.29 is 14.5 Å². The molecule has 0 bridgehead atoms. The summed E-state index contributed by atoms with van der Waals surface area (Å²) in [6, 6.07) is 1.83. The summed E-state index contributed by atoms with van der Waals surface area (Å²) in [6.45, 7) is 0. The molecule has 0 spiro atoms. The van der Waals surface area contributed by atoms with Gasteiger partial charge in [0.25, 0.3) is 0 Å². The maximum Gasteiger partial charge on any atom is 0.417 e. The summed E-state index contributed by atoms with van der Waals surface area (Å²) >= 11 is 0. The molecule has 1 heterocycles. The lowest BCUT2D eigenvalue weighted by atomic mass is 10.3. The summed E-state index contributed by atoms with van der Waals surface area (Å²) in [5.74, 6) is 0. The third-order valence-corrected chi connectivity index (χ3v) is 0.943. The summed E-state index contributed by atoms with van der Waals surface area (Å²) in [5, 5.41) is 0. The number of pyridine rings is 1. The fraction of sp³-hybridized carbons (Fsp3) is 0.167. The fourth-order valence-corrected chi connectivity index (χ4v) is 0.488. The molecule has 1 aromatic heterocycles. The first-order valence-electron chi connectivity index (χ1n) is 3.00. The van der Waals surface area contributed by atoms with Crippen molar-refractivity contribution in [1.82, 2.24) is 4.98 Å². The second kappa shape index (κ2) is 2.28. The van der Waals surface area contributed by atoms with Gasteiger partial charge in [0.1, 0.15) is 0 Å². The van der Waals surface area contributed by atoms with Gasteiger partial charge in [0.05, 0.1) is 6.93 Å². The van der Waals surface area contributed by atoms with Crippen molar-refractivity contribution in [3.8, 4) is 0 Å². The average Bonchev–Trinajstić information content (AvgIpc) is 1.86. The molecule has 1 nitrogen and oxygen atoms in total. The van der Waals surface area contributed by atoms with E-state index in [4.69, 9.17) is 1.37 Å². The molecule has 0 fully saturated rings. The van der Waals surface area contributed by atoms with E-state index in [-0.39, 0.29) is 6.17 Å². The van der Waals surface area contributed by atoms with E-state index < -0.39 is 11.7 Å². The van der Waals surface area contributed by atoms with Crippen molar-refractivity contribution >= 4 is 0 Å². The lowest BCUT2D eigenvalue weighted by Gasteiger charge is -2.03. The van der Waals surface area contributed by atoms with Crippen molar-refractivity contribution in [3.05, 3.63) is 30.1 Å². The van der Waals surface area contributed by atoms with E-state index in [0.717, 1.165) is 12.1 Å². The van der Waals surface area contributed by atoms with E-state index in [2.05, 4.69) is 4.98 Å². The van der Waals surface area contributed by atoms with E-state index in [1.807, 2.05) is 0 Å². The number of aromatic nitrogens is 1. The average molecular weight is 148 g/mol. The summed E-state index contributed by atoms with van der Waals surface area (Å²) in [7, 11) is 0. The molecular formula is C6H4F3N.